The molecule has 0 fully saturated rings. The lowest BCUT2D eigenvalue weighted by Gasteiger charge is -2.02. The first-order valence-corrected chi connectivity index (χ1v) is 6.17. The number of pyridine rings is 1. The van der Waals surface area contributed by atoms with Crippen molar-refractivity contribution in [1.29, 1.82) is 5.26 Å². The van der Waals surface area contributed by atoms with E-state index in [0.717, 1.165) is 11.2 Å². The predicted molar refractivity (Wildman–Crippen MR) is 76.2 cm³/mol. The lowest BCUT2D eigenvalue weighted by Crippen LogP contribution is -2.08. The van der Waals surface area contributed by atoms with Crippen molar-refractivity contribution in [3.05, 3.63) is 51.9 Å². The van der Waals surface area contributed by atoms with Gasteiger partial charge in [-0.2, -0.15) is 5.26 Å². The Balaban J connectivity index is 2.36. The van der Waals surface area contributed by atoms with Gasteiger partial charge < -0.3 is 9.55 Å². The van der Waals surface area contributed by atoms with Gasteiger partial charge in [-0.1, -0.05) is 6.07 Å². The lowest BCUT2D eigenvalue weighted by molar-refractivity contribution is 0.954. The third kappa shape index (κ3) is 1.70. The van der Waals surface area contributed by atoms with E-state index in [1.165, 1.54) is 0 Å². The van der Waals surface area contributed by atoms with E-state index in [4.69, 9.17) is 5.26 Å². The molecule has 0 saturated carbocycles. The molecule has 1 N–H and O–H groups in total. The van der Waals surface area contributed by atoms with Crippen molar-refractivity contribution in [2.24, 2.45) is 7.05 Å². The van der Waals surface area contributed by atoms with Crippen LogP contribution in [0.15, 0.2) is 35.3 Å². The molecular formula is C15H12N4O. The van der Waals surface area contributed by atoms with Gasteiger partial charge in [0.15, 0.2) is 5.43 Å². The maximum absolute atomic E-state index is 12.1. The van der Waals surface area contributed by atoms with Gasteiger partial charge >= 0.3 is 0 Å². The van der Waals surface area contributed by atoms with Crippen LogP contribution in [0.25, 0.3) is 22.4 Å². The van der Waals surface area contributed by atoms with Crippen LogP contribution in [0.4, 0.5) is 0 Å². The Labute approximate surface area is 115 Å². The molecule has 0 radical (unpaired) electrons. The zero-order valence-electron chi connectivity index (χ0n) is 11.1. The first-order chi connectivity index (χ1) is 9.61. The van der Waals surface area contributed by atoms with Crippen molar-refractivity contribution < 1.29 is 0 Å². The molecule has 2 heterocycles. The van der Waals surface area contributed by atoms with E-state index >= 15 is 0 Å². The van der Waals surface area contributed by atoms with Crippen LogP contribution in [0.5, 0.6) is 0 Å². The molecule has 3 aromatic rings. The number of aromatic amines is 1. The molecule has 0 unspecified atom stereocenters. The monoisotopic (exact) mass is 264 g/mol. The Morgan fingerprint density at radius 1 is 1.40 bits per heavy atom. The minimum atomic E-state index is -0.0850. The van der Waals surface area contributed by atoms with Gasteiger partial charge in [-0.15, -0.1) is 0 Å². The summed E-state index contributed by atoms with van der Waals surface area (Å²) < 4.78 is 1.83. The fourth-order valence-electron chi connectivity index (χ4n) is 2.29. The average Bonchev–Trinajstić information content (AvgIpc) is 2.76. The van der Waals surface area contributed by atoms with Gasteiger partial charge in [-0.25, -0.2) is 4.98 Å². The second kappa shape index (κ2) is 4.35. The molecule has 5 heteroatoms. The van der Waals surface area contributed by atoms with Crippen molar-refractivity contribution in [2.45, 2.75) is 6.92 Å². The number of nitriles is 1. The summed E-state index contributed by atoms with van der Waals surface area (Å²) >= 11 is 0. The molecular weight excluding hydrogens is 252 g/mol. The highest BCUT2D eigenvalue weighted by Gasteiger charge is 2.14. The lowest BCUT2D eigenvalue weighted by atomic mass is 10.2. The van der Waals surface area contributed by atoms with Crippen LogP contribution < -0.4 is 5.43 Å². The number of nitrogens with zero attached hydrogens (tertiary/aromatic N) is 3. The van der Waals surface area contributed by atoms with Crippen molar-refractivity contribution >= 4 is 11.0 Å². The van der Waals surface area contributed by atoms with Gasteiger partial charge in [0.1, 0.15) is 17.4 Å². The topological polar surface area (TPSA) is 74.5 Å². The maximum Gasteiger partial charge on any atom is 0.192 e. The first kappa shape index (κ1) is 12.2. The molecule has 0 aliphatic heterocycles. The van der Waals surface area contributed by atoms with Gasteiger partial charge in [-0.3, -0.25) is 4.79 Å². The van der Waals surface area contributed by atoms with Crippen LogP contribution in [-0.4, -0.2) is 14.5 Å². The van der Waals surface area contributed by atoms with Crippen molar-refractivity contribution in [2.75, 3.05) is 0 Å². The number of benzene rings is 1. The molecule has 0 aliphatic rings. The molecule has 0 amide bonds. The van der Waals surface area contributed by atoms with Crippen LogP contribution in [0.2, 0.25) is 0 Å². The quantitative estimate of drug-likeness (QED) is 0.731. The minimum absolute atomic E-state index is 0.0850. The summed E-state index contributed by atoms with van der Waals surface area (Å²) in [7, 11) is 1.84. The summed E-state index contributed by atoms with van der Waals surface area (Å²) in [6, 6.07) is 9.08. The molecule has 1 aromatic carbocycles. The second-order valence-electron chi connectivity index (χ2n) is 4.67. The number of rotatable bonds is 1. The third-order valence-corrected chi connectivity index (χ3v) is 3.33. The van der Waals surface area contributed by atoms with E-state index in [-0.39, 0.29) is 5.43 Å². The van der Waals surface area contributed by atoms with Crippen molar-refractivity contribution in [3.63, 3.8) is 0 Å². The number of hydrogen-bond acceptors (Lipinski definition) is 3. The molecule has 5 nitrogen and oxygen atoms in total. The van der Waals surface area contributed by atoms with Crippen molar-refractivity contribution in [1.82, 2.24) is 14.5 Å². The van der Waals surface area contributed by atoms with Crippen LogP contribution >= 0.6 is 0 Å². The zero-order chi connectivity index (χ0) is 14.3. The smallest absolute Gasteiger partial charge is 0.192 e. The summed E-state index contributed by atoms with van der Waals surface area (Å²) in [6.45, 7) is 1.83. The zero-order valence-corrected chi connectivity index (χ0v) is 11.1. The Bertz CT molecular complexity index is 912. The van der Waals surface area contributed by atoms with E-state index in [2.05, 4.69) is 16.0 Å². The minimum Gasteiger partial charge on any atom is -0.364 e. The molecule has 0 aliphatic carbocycles. The fourth-order valence-corrected chi connectivity index (χ4v) is 2.29. The molecule has 3 rings (SSSR count). The summed E-state index contributed by atoms with van der Waals surface area (Å²) in [5, 5.41) is 9.13. The maximum atomic E-state index is 12.1. The Hall–Kier alpha value is -2.87. The number of H-pyrrole nitrogens is 1. The Morgan fingerprint density at radius 3 is 2.90 bits per heavy atom. The molecule has 0 atom stereocenters. The first-order valence-electron chi connectivity index (χ1n) is 6.17. The molecule has 98 valence electrons. The number of aryl methyl sites for hydroxylation is 2. The van der Waals surface area contributed by atoms with Crippen molar-refractivity contribution in [3.8, 4) is 17.5 Å². The highest BCUT2D eigenvalue weighted by atomic mass is 16.1. The summed E-state index contributed by atoms with van der Waals surface area (Å²) in [5.74, 6) is 0.559. The standard InChI is InChI=1S/C15H12N4O/c1-9-6-13(20)11(8-17-9)15-18-14-10(7-16)4-3-5-12(14)19(15)2/h3-6,8H,1-2H3,(H,17,20). The third-order valence-electron chi connectivity index (χ3n) is 3.33. The normalized spacial score (nSPS) is 10.7. The average molecular weight is 264 g/mol. The van der Waals surface area contributed by atoms with Crippen LogP contribution in [0.3, 0.4) is 0 Å². The van der Waals surface area contributed by atoms with E-state index in [9.17, 15) is 4.79 Å². The number of aromatic nitrogens is 3. The van der Waals surface area contributed by atoms with Gasteiger partial charge in [0, 0.05) is 25.0 Å². The molecule has 0 spiro atoms. The van der Waals surface area contributed by atoms with Gasteiger partial charge in [-0.05, 0) is 19.1 Å². The van der Waals surface area contributed by atoms with Gasteiger partial charge in [0.05, 0.1) is 16.6 Å². The Kier molecular flexibility index (Phi) is 2.65. The molecule has 20 heavy (non-hydrogen) atoms. The number of imidazole rings is 1. The predicted octanol–water partition coefficient (Wildman–Crippen LogP) is 2.11. The molecule has 0 saturated heterocycles. The number of fused-ring (bicyclic) bond motifs is 1. The largest absolute Gasteiger partial charge is 0.364 e. The second-order valence-corrected chi connectivity index (χ2v) is 4.67. The van der Waals surface area contributed by atoms with E-state index < -0.39 is 0 Å². The molecule has 2 aromatic heterocycles. The fraction of sp³-hybridized carbons (Fsp3) is 0.133. The SMILES string of the molecule is Cc1cc(=O)c(-c2nc3c(C#N)cccc3n2C)c[nH]1. The highest BCUT2D eigenvalue weighted by Crippen LogP contribution is 2.23. The Morgan fingerprint density at radius 2 is 2.20 bits per heavy atom. The van der Waals surface area contributed by atoms with Gasteiger partial charge in [0.25, 0.3) is 0 Å². The summed E-state index contributed by atoms with van der Waals surface area (Å²) in [4.78, 5) is 19.6. The summed E-state index contributed by atoms with van der Waals surface area (Å²) in [5.41, 5.74) is 3.17. The number of hydrogen-bond donors (Lipinski definition) is 1. The number of nitrogens with one attached hydrogen (secondary N) is 1. The van der Waals surface area contributed by atoms with Crippen LogP contribution in [0.1, 0.15) is 11.3 Å². The van der Waals surface area contributed by atoms with E-state index in [1.54, 1.807) is 18.3 Å². The highest BCUT2D eigenvalue weighted by molar-refractivity contribution is 5.85. The van der Waals surface area contributed by atoms with E-state index in [0.29, 0.717) is 22.5 Å². The van der Waals surface area contributed by atoms with Gasteiger partial charge in [0.2, 0.25) is 0 Å². The van der Waals surface area contributed by atoms with E-state index in [1.807, 2.05) is 30.7 Å². The number of para-hydroxylation sites is 1. The van der Waals surface area contributed by atoms with Crippen LogP contribution in [-0.2, 0) is 7.05 Å². The molecule has 0 bridgehead atoms. The van der Waals surface area contributed by atoms with Crippen LogP contribution in [0, 0.1) is 18.3 Å². The summed E-state index contributed by atoms with van der Waals surface area (Å²) in [6.07, 6.45) is 1.66.